The number of hydrogen-bond acceptors (Lipinski definition) is 2. The monoisotopic (exact) mass is 145 g/mol. The van der Waals surface area contributed by atoms with Crippen LogP contribution in [0.5, 0.6) is 0 Å². The van der Waals surface area contributed by atoms with Crippen molar-refractivity contribution in [2.24, 2.45) is 5.73 Å². The molecule has 0 saturated heterocycles. The van der Waals surface area contributed by atoms with Crippen LogP contribution in [0.2, 0.25) is 0 Å². The average Bonchev–Trinajstić information content (AvgIpc) is 1.94. The molecule has 2 nitrogen and oxygen atoms in total. The van der Waals surface area contributed by atoms with E-state index < -0.39 is 0 Å². The molecule has 2 heteroatoms. The van der Waals surface area contributed by atoms with Gasteiger partial charge in [0, 0.05) is 0 Å². The molecule has 0 rings (SSSR count). The van der Waals surface area contributed by atoms with Crippen molar-refractivity contribution in [1.82, 2.24) is 0 Å². The number of hydrogen-bond donors (Lipinski definition) is 1. The Morgan fingerprint density at radius 1 is 1.60 bits per heavy atom. The van der Waals surface area contributed by atoms with Gasteiger partial charge < -0.3 is 10.5 Å². The highest BCUT2D eigenvalue weighted by atomic mass is 16.1. The molecule has 2 N–H and O–H groups in total. The van der Waals surface area contributed by atoms with Crippen molar-refractivity contribution >= 4 is 6.29 Å². The summed E-state index contributed by atoms with van der Waals surface area (Å²) in [7, 11) is 1.50. The van der Waals surface area contributed by atoms with E-state index in [1.54, 1.807) is 0 Å². The SMILES string of the molecule is C=C(C)CC.CC=O.CN. The normalized spacial score (nSPS) is 5.70. The largest absolute Gasteiger partial charge is 0.333 e. The van der Waals surface area contributed by atoms with Crippen molar-refractivity contribution in [1.29, 1.82) is 0 Å². The second kappa shape index (κ2) is 23.8. The molecule has 0 spiro atoms. The highest BCUT2D eigenvalue weighted by molar-refractivity contribution is 5.44. The predicted octanol–water partition coefficient (Wildman–Crippen LogP) is 1.75. The minimum atomic E-state index is 0.750. The Kier molecular flexibility index (Phi) is 38.5. The third kappa shape index (κ3) is 159. The van der Waals surface area contributed by atoms with Crippen LogP contribution in [0.1, 0.15) is 27.2 Å². The van der Waals surface area contributed by atoms with Gasteiger partial charge in [-0.3, -0.25) is 0 Å². The van der Waals surface area contributed by atoms with E-state index in [1.165, 1.54) is 19.5 Å². The maximum absolute atomic E-state index is 8.81. The lowest BCUT2D eigenvalue weighted by atomic mass is 10.3. The standard InChI is InChI=1S/C5H10.C2H4O.CH5N/c1-4-5(2)3;1-2-3;1-2/h2,4H2,1,3H3;2H,1H3;2H2,1H3. The van der Waals surface area contributed by atoms with E-state index in [9.17, 15) is 0 Å². The van der Waals surface area contributed by atoms with Gasteiger partial charge in [-0.15, -0.1) is 6.58 Å². The van der Waals surface area contributed by atoms with E-state index in [-0.39, 0.29) is 0 Å². The van der Waals surface area contributed by atoms with E-state index in [0.29, 0.717) is 0 Å². The molecule has 0 aliphatic rings. The molecule has 0 bridgehead atoms. The minimum Gasteiger partial charge on any atom is -0.333 e. The van der Waals surface area contributed by atoms with Crippen molar-refractivity contribution < 1.29 is 4.79 Å². The fourth-order valence-electron chi connectivity index (χ4n) is 0. The van der Waals surface area contributed by atoms with E-state index in [1.807, 2.05) is 6.92 Å². The summed E-state index contributed by atoms with van der Waals surface area (Å²) in [6, 6.07) is 0. The predicted molar refractivity (Wildman–Crippen MR) is 47.0 cm³/mol. The van der Waals surface area contributed by atoms with Crippen molar-refractivity contribution in [2.45, 2.75) is 27.2 Å². The molecule has 62 valence electrons. The molecule has 0 amide bonds. The van der Waals surface area contributed by atoms with Crippen LogP contribution in [0.3, 0.4) is 0 Å². The Labute approximate surface area is 64.1 Å². The van der Waals surface area contributed by atoms with Crippen LogP contribution in [0.4, 0.5) is 0 Å². The fraction of sp³-hybridized carbons (Fsp3) is 0.625. The molecule has 0 unspecified atom stereocenters. The van der Waals surface area contributed by atoms with E-state index in [0.717, 1.165) is 12.7 Å². The topological polar surface area (TPSA) is 43.1 Å². The smallest absolute Gasteiger partial charge is 0.116 e. The molecular weight excluding hydrogens is 126 g/mol. The maximum Gasteiger partial charge on any atom is 0.116 e. The van der Waals surface area contributed by atoms with Crippen LogP contribution < -0.4 is 5.73 Å². The Morgan fingerprint density at radius 2 is 1.70 bits per heavy atom. The second-order valence-electron chi connectivity index (χ2n) is 1.55. The zero-order chi connectivity index (χ0) is 8.99. The number of rotatable bonds is 1. The van der Waals surface area contributed by atoms with Gasteiger partial charge in [0.1, 0.15) is 6.29 Å². The first-order valence-electron chi connectivity index (χ1n) is 3.30. The van der Waals surface area contributed by atoms with E-state index >= 15 is 0 Å². The van der Waals surface area contributed by atoms with Gasteiger partial charge in [-0.05, 0) is 27.3 Å². The number of carbonyl (C=O) groups is 1. The summed E-state index contributed by atoms with van der Waals surface area (Å²) in [5.41, 5.74) is 5.75. The fourth-order valence-corrected chi connectivity index (χ4v) is 0. The molecule has 0 atom stereocenters. The molecule has 0 fully saturated rings. The second-order valence-corrected chi connectivity index (χ2v) is 1.55. The molecule has 0 aliphatic heterocycles. The van der Waals surface area contributed by atoms with Gasteiger partial charge in [-0.25, -0.2) is 0 Å². The summed E-state index contributed by atoms with van der Waals surface area (Å²) in [6.45, 7) is 9.25. The number of nitrogens with two attached hydrogens (primary N) is 1. The molecule has 10 heavy (non-hydrogen) atoms. The van der Waals surface area contributed by atoms with Crippen LogP contribution in [0, 0.1) is 0 Å². The number of carbonyl (C=O) groups excluding carboxylic acids is 1. The minimum absolute atomic E-state index is 0.750. The van der Waals surface area contributed by atoms with Crippen LogP contribution in [-0.4, -0.2) is 13.3 Å². The van der Waals surface area contributed by atoms with E-state index in [2.05, 4.69) is 19.2 Å². The molecule has 0 aromatic rings. The van der Waals surface area contributed by atoms with Crippen LogP contribution in [0.15, 0.2) is 12.2 Å². The van der Waals surface area contributed by atoms with Gasteiger partial charge in [-0.2, -0.15) is 0 Å². The average molecular weight is 145 g/mol. The summed E-state index contributed by atoms with van der Waals surface area (Å²) in [5.74, 6) is 0. The lowest BCUT2D eigenvalue weighted by Crippen LogP contribution is -1.69. The van der Waals surface area contributed by atoms with E-state index in [4.69, 9.17) is 4.79 Å². The highest BCUT2D eigenvalue weighted by Crippen LogP contribution is 1.88. The van der Waals surface area contributed by atoms with Gasteiger partial charge in [0.15, 0.2) is 0 Å². The zero-order valence-electron chi connectivity index (χ0n) is 7.48. The summed E-state index contributed by atoms with van der Waals surface area (Å²) in [6.07, 6.45) is 1.86. The molecule has 0 radical (unpaired) electrons. The quantitative estimate of drug-likeness (QED) is 0.451. The first-order valence-corrected chi connectivity index (χ1v) is 3.30. The Hall–Kier alpha value is -0.630. The van der Waals surface area contributed by atoms with Gasteiger partial charge >= 0.3 is 0 Å². The lowest BCUT2D eigenvalue weighted by Gasteiger charge is -1.79. The Morgan fingerprint density at radius 3 is 1.70 bits per heavy atom. The van der Waals surface area contributed by atoms with Gasteiger partial charge in [-0.1, -0.05) is 12.5 Å². The number of allylic oxidation sites excluding steroid dienone is 1. The van der Waals surface area contributed by atoms with Crippen LogP contribution in [-0.2, 0) is 4.79 Å². The molecule has 0 saturated carbocycles. The maximum atomic E-state index is 8.81. The third-order valence-electron chi connectivity index (χ3n) is 0.604. The van der Waals surface area contributed by atoms with Gasteiger partial charge in [0.2, 0.25) is 0 Å². The van der Waals surface area contributed by atoms with Crippen molar-refractivity contribution in [3.63, 3.8) is 0 Å². The molecule has 0 aromatic carbocycles. The molecular formula is C8H19NO. The molecule has 0 aromatic heterocycles. The molecule has 0 heterocycles. The van der Waals surface area contributed by atoms with Crippen molar-refractivity contribution in [3.05, 3.63) is 12.2 Å². The summed E-state index contributed by atoms with van der Waals surface area (Å²) < 4.78 is 0. The molecule has 0 aliphatic carbocycles. The summed E-state index contributed by atoms with van der Waals surface area (Å²) >= 11 is 0. The van der Waals surface area contributed by atoms with Crippen LogP contribution >= 0.6 is 0 Å². The van der Waals surface area contributed by atoms with Crippen LogP contribution in [0.25, 0.3) is 0 Å². The first kappa shape index (κ1) is 16.2. The van der Waals surface area contributed by atoms with Crippen molar-refractivity contribution in [2.75, 3.05) is 7.05 Å². The Bertz CT molecular complexity index is 69.7. The summed E-state index contributed by atoms with van der Waals surface area (Å²) in [4.78, 5) is 8.81. The number of aldehydes is 1. The van der Waals surface area contributed by atoms with Gasteiger partial charge in [0.25, 0.3) is 0 Å². The van der Waals surface area contributed by atoms with Gasteiger partial charge in [0.05, 0.1) is 0 Å². The Balaban J connectivity index is -0.0000000847. The third-order valence-corrected chi connectivity index (χ3v) is 0.604. The van der Waals surface area contributed by atoms with Crippen molar-refractivity contribution in [3.8, 4) is 0 Å². The zero-order valence-corrected chi connectivity index (χ0v) is 7.48. The first-order chi connectivity index (χ1) is 4.68. The highest BCUT2D eigenvalue weighted by Gasteiger charge is 1.67. The summed E-state index contributed by atoms with van der Waals surface area (Å²) in [5, 5.41) is 0. The lowest BCUT2D eigenvalue weighted by molar-refractivity contribution is -0.106.